The number of hydrogen-bond donors (Lipinski definition) is 0. The smallest absolute Gasteiger partial charge is 0.159 e. The number of para-hydroxylation sites is 1. The van der Waals surface area contributed by atoms with Crippen LogP contribution in [-0.2, 0) is 0 Å². The molecule has 0 aliphatic heterocycles. The van der Waals surface area contributed by atoms with Gasteiger partial charge in [0.25, 0.3) is 0 Å². The Balaban J connectivity index is 1.19. The third kappa shape index (κ3) is 6.21. The summed E-state index contributed by atoms with van der Waals surface area (Å²) in [5.74, 6) is 0. The van der Waals surface area contributed by atoms with E-state index in [4.69, 9.17) is 4.42 Å². The molecule has 1 aromatic heterocycles. The van der Waals surface area contributed by atoms with Crippen LogP contribution in [0.15, 0.2) is 186 Å². The van der Waals surface area contributed by atoms with Crippen LogP contribution in [0.2, 0.25) is 0 Å². The molecule has 0 radical (unpaired) electrons. The molecule has 59 heavy (non-hydrogen) atoms. The molecule has 0 aliphatic rings. The van der Waals surface area contributed by atoms with Crippen LogP contribution in [0.4, 0.5) is 17.1 Å². The molecule has 10 rings (SSSR count). The summed E-state index contributed by atoms with van der Waals surface area (Å²) in [6, 6.07) is 65.6. The molecule has 0 fully saturated rings. The number of benzene rings is 9. The summed E-state index contributed by atoms with van der Waals surface area (Å²) in [5.41, 5.74) is 21.1. The molecule has 2 nitrogen and oxygen atoms in total. The number of nitrogens with zero attached hydrogens (tertiary/aromatic N) is 1. The molecule has 0 saturated carbocycles. The first-order chi connectivity index (χ1) is 28.9. The lowest BCUT2D eigenvalue weighted by molar-refractivity contribution is 0.670. The molecule has 0 amide bonds. The van der Waals surface area contributed by atoms with E-state index >= 15 is 0 Å². The highest BCUT2D eigenvalue weighted by Crippen LogP contribution is 2.47. The normalized spacial score (nSPS) is 11.4. The topological polar surface area (TPSA) is 16.4 Å². The molecular weight excluding hydrogens is 709 g/mol. The maximum Gasteiger partial charge on any atom is 0.159 e. The minimum Gasteiger partial charge on any atom is -0.453 e. The third-order valence-corrected chi connectivity index (χ3v) is 12.7. The fourth-order valence-corrected chi connectivity index (χ4v) is 9.17. The van der Waals surface area contributed by atoms with Gasteiger partial charge in [-0.15, -0.1) is 16.4 Å². The second kappa shape index (κ2) is 14.8. The number of hydrogen-bond acceptors (Lipinski definition) is 2. The van der Waals surface area contributed by atoms with Crippen LogP contribution in [0.25, 0.3) is 77.2 Å². The predicted octanol–water partition coefficient (Wildman–Crippen LogP) is 6.17. The molecular formula is C52H40B5NO. The van der Waals surface area contributed by atoms with Crippen molar-refractivity contribution in [3.63, 3.8) is 0 Å². The molecule has 7 heteroatoms. The molecule has 0 saturated heterocycles. The van der Waals surface area contributed by atoms with Gasteiger partial charge in [0.2, 0.25) is 0 Å². The van der Waals surface area contributed by atoms with Gasteiger partial charge in [-0.05, 0) is 86.1 Å². The Hall–Kier alpha value is -6.84. The molecule has 0 atom stereocenters. The number of furan rings is 1. The van der Waals surface area contributed by atoms with Crippen molar-refractivity contribution in [2.24, 2.45) is 0 Å². The summed E-state index contributed by atoms with van der Waals surface area (Å²) in [6.07, 6.45) is 0. The average molecular weight is 749 g/mol. The second-order valence-corrected chi connectivity index (χ2v) is 15.8. The lowest BCUT2D eigenvalue weighted by Crippen LogP contribution is -2.55. The molecule has 0 unspecified atom stereocenters. The van der Waals surface area contributed by atoms with Crippen LogP contribution in [-0.4, -0.2) is 39.2 Å². The van der Waals surface area contributed by atoms with Crippen molar-refractivity contribution in [2.45, 2.75) is 0 Å². The first-order valence-corrected chi connectivity index (χ1v) is 20.5. The summed E-state index contributed by atoms with van der Waals surface area (Å²) >= 11 is 0. The van der Waals surface area contributed by atoms with E-state index in [1.165, 1.54) is 60.3 Å². The van der Waals surface area contributed by atoms with Gasteiger partial charge in [-0.25, -0.2) is 0 Å². The van der Waals surface area contributed by atoms with Crippen molar-refractivity contribution in [1.82, 2.24) is 0 Å². The molecule has 274 valence electrons. The minimum atomic E-state index is 0.849. The molecule has 0 spiro atoms. The van der Waals surface area contributed by atoms with Crippen LogP contribution in [0.5, 0.6) is 0 Å². The van der Waals surface area contributed by atoms with E-state index in [0.29, 0.717) is 0 Å². The van der Waals surface area contributed by atoms with Crippen molar-refractivity contribution in [2.75, 3.05) is 4.90 Å². The van der Waals surface area contributed by atoms with Gasteiger partial charge in [0.05, 0.1) is 5.69 Å². The summed E-state index contributed by atoms with van der Waals surface area (Å²) in [5, 5.41) is 4.69. The Labute approximate surface area is 350 Å². The Bertz CT molecular complexity index is 3160. The summed E-state index contributed by atoms with van der Waals surface area (Å²) in [7, 11) is 11.3. The summed E-state index contributed by atoms with van der Waals surface area (Å²) in [6.45, 7) is 0. The van der Waals surface area contributed by atoms with E-state index in [9.17, 15) is 0 Å². The van der Waals surface area contributed by atoms with Gasteiger partial charge in [0.15, 0.2) is 5.58 Å². The molecule has 10 aromatic rings. The van der Waals surface area contributed by atoms with Crippen LogP contribution >= 0.6 is 0 Å². The van der Waals surface area contributed by atoms with Crippen LogP contribution in [0, 0.1) is 0 Å². The Morgan fingerprint density at radius 2 is 0.831 bits per heavy atom. The Kier molecular flexibility index (Phi) is 9.18. The van der Waals surface area contributed by atoms with Gasteiger partial charge in [-0.1, -0.05) is 157 Å². The van der Waals surface area contributed by atoms with E-state index in [1.54, 1.807) is 0 Å². The number of rotatable bonds is 7. The SMILES string of the molecule is Bc1c(B)c(B)c(-c2ccc(N(c3ccc(-c4cccc5ccccc45)cc3)c3cccc4c3oc3c(-c5ccccc5)ccc(-c5ccccc5)c34)cc2)c(B)c1B. The quantitative estimate of drug-likeness (QED) is 0.182. The van der Waals surface area contributed by atoms with Gasteiger partial charge in [-0.3, -0.25) is 0 Å². The van der Waals surface area contributed by atoms with Crippen molar-refractivity contribution in [1.29, 1.82) is 0 Å². The van der Waals surface area contributed by atoms with Gasteiger partial charge >= 0.3 is 0 Å². The maximum absolute atomic E-state index is 7.22. The van der Waals surface area contributed by atoms with Crippen LogP contribution < -0.4 is 32.2 Å². The zero-order valence-corrected chi connectivity index (χ0v) is 34.2. The van der Waals surface area contributed by atoms with Gasteiger partial charge < -0.3 is 9.32 Å². The first kappa shape index (κ1) is 36.5. The molecule has 9 aromatic carbocycles. The van der Waals surface area contributed by atoms with E-state index in [2.05, 4.69) is 226 Å². The van der Waals surface area contributed by atoms with E-state index in [0.717, 1.165) is 61.3 Å². The molecule has 0 aliphatic carbocycles. The third-order valence-electron chi connectivity index (χ3n) is 12.7. The highest BCUT2D eigenvalue weighted by atomic mass is 16.3. The molecule has 0 N–H and O–H groups in total. The average Bonchev–Trinajstić information content (AvgIpc) is 3.69. The van der Waals surface area contributed by atoms with Crippen molar-refractivity contribution in [3.05, 3.63) is 182 Å². The Morgan fingerprint density at radius 3 is 1.49 bits per heavy atom. The standard InChI is InChI=1S/C52H40B5NO/c53-46-44(47(54)49(56)50(57)48(46)55)35-23-27-37(28-24-35)58(36-25-21-34(22-26-36)39-18-9-16-31-15-7-8-17-38(31)39)43-20-10-19-42-45-40(32-11-3-1-4-12-32)29-30-41(52(45)59-51(42)43)33-13-5-2-6-14-33/h1-30H,53-57H2. The van der Waals surface area contributed by atoms with Crippen LogP contribution in [0.3, 0.4) is 0 Å². The van der Waals surface area contributed by atoms with Crippen LogP contribution in [0.1, 0.15) is 0 Å². The minimum absolute atomic E-state index is 0.849. The fourth-order valence-electron chi connectivity index (χ4n) is 9.17. The zero-order valence-electron chi connectivity index (χ0n) is 34.2. The van der Waals surface area contributed by atoms with E-state index < -0.39 is 0 Å². The monoisotopic (exact) mass is 749 g/mol. The van der Waals surface area contributed by atoms with Crippen molar-refractivity contribution < 1.29 is 4.42 Å². The van der Waals surface area contributed by atoms with Gasteiger partial charge in [0, 0.05) is 27.7 Å². The van der Waals surface area contributed by atoms with E-state index in [1.807, 2.05) is 0 Å². The molecule has 1 heterocycles. The van der Waals surface area contributed by atoms with Crippen molar-refractivity contribution >= 4 is 116 Å². The lowest BCUT2D eigenvalue weighted by atomic mass is 9.60. The number of fused-ring (bicyclic) bond motifs is 4. The van der Waals surface area contributed by atoms with Gasteiger partial charge in [0.1, 0.15) is 44.8 Å². The fraction of sp³-hybridized carbons (Fsp3) is 0. The Morgan fingerprint density at radius 1 is 0.339 bits per heavy atom. The van der Waals surface area contributed by atoms with E-state index in [-0.39, 0.29) is 0 Å². The largest absolute Gasteiger partial charge is 0.453 e. The summed E-state index contributed by atoms with van der Waals surface area (Å²) in [4.78, 5) is 2.36. The number of anilines is 3. The maximum atomic E-state index is 7.22. The highest BCUT2D eigenvalue weighted by Gasteiger charge is 2.23. The van der Waals surface area contributed by atoms with Crippen molar-refractivity contribution in [3.8, 4) is 44.5 Å². The predicted molar refractivity (Wildman–Crippen MR) is 269 cm³/mol. The summed E-state index contributed by atoms with van der Waals surface area (Å²) < 4.78 is 7.22. The molecule has 0 bridgehead atoms. The first-order valence-electron chi connectivity index (χ1n) is 20.5. The lowest BCUT2D eigenvalue weighted by Gasteiger charge is -2.26. The van der Waals surface area contributed by atoms with Gasteiger partial charge in [-0.2, -0.15) is 0 Å². The second-order valence-electron chi connectivity index (χ2n) is 15.8. The highest BCUT2D eigenvalue weighted by molar-refractivity contribution is 6.68. The zero-order chi connectivity index (χ0) is 40.2.